The van der Waals surface area contributed by atoms with Crippen molar-refractivity contribution in [2.75, 3.05) is 18.5 Å². The molecule has 0 aliphatic carbocycles. The van der Waals surface area contributed by atoms with Gasteiger partial charge >= 0.3 is 0 Å². The minimum absolute atomic E-state index is 0.123. The largest absolute Gasteiger partial charge is 0.387 e. The van der Waals surface area contributed by atoms with Crippen LogP contribution in [0.1, 0.15) is 36.5 Å². The molecule has 2 heterocycles. The quantitative estimate of drug-likeness (QED) is 0.844. The average Bonchev–Trinajstić information content (AvgIpc) is 2.74. The van der Waals surface area contributed by atoms with E-state index in [-0.39, 0.29) is 11.9 Å². The maximum Gasteiger partial charge on any atom is 0.231 e. The van der Waals surface area contributed by atoms with Crippen LogP contribution in [0.5, 0.6) is 0 Å². The van der Waals surface area contributed by atoms with Crippen molar-refractivity contribution in [1.29, 1.82) is 0 Å². The Hall–Kier alpha value is -1.39. The van der Waals surface area contributed by atoms with Gasteiger partial charge in [-0.1, -0.05) is 18.6 Å². The Bertz CT molecular complexity index is 495. The van der Waals surface area contributed by atoms with Gasteiger partial charge in [-0.05, 0) is 36.6 Å². The summed E-state index contributed by atoms with van der Waals surface area (Å²) in [6.45, 7) is 0.980. The van der Waals surface area contributed by atoms with Crippen molar-refractivity contribution in [3.8, 4) is 0 Å². The van der Waals surface area contributed by atoms with Crippen molar-refractivity contribution in [2.45, 2.75) is 37.8 Å². The van der Waals surface area contributed by atoms with Crippen LogP contribution in [0.2, 0.25) is 0 Å². The minimum atomic E-state index is -0.480. The zero-order valence-electron chi connectivity index (χ0n) is 11.2. The lowest BCUT2D eigenvalue weighted by Gasteiger charge is -2.28. The zero-order chi connectivity index (χ0) is 13.4. The number of amides is 1. The molecule has 2 aliphatic rings. The van der Waals surface area contributed by atoms with Gasteiger partial charge in [-0.15, -0.1) is 0 Å². The highest BCUT2D eigenvalue weighted by atomic mass is 16.3. The third-order valence-corrected chi connectivity index (χ3v) is 4.25. The SMILES string of the molecule is CN1C(=O)Cc2cc(C(O)C3CCCCN3)ccc21. The Morgan fingerprint density at radius 1 is 1.42 bits per heavy atom. The molecule has 1 aromatic rings. The van der Waals surface area contributed by atoms with E-state index in [0.717, 1.165) is 29.8 Å². The summed E-state index contributed by atoms with van der Waals surface area (Å²) in [5.74, 6) is 0.123. The molecule has 0 saturated carbocycles. The molecule has 2 atom stereocenters. The average molecular weight is 260 g/mol. The molecule has 0 spiro atoms. The lowest BCUT2D eigenvalue weighted by Crippen LogP contribution is -2.38. The molecule has 1 saturated heterocycles. The molecule has 1 aromatic carbocycles. The normalized spacial score (nSPS) is 24.4. The fourth-order valence-corrected chi connectivity index (χ4v) is 3.05. The molecule has 0 radical (unpaired) electrons. The van der Waals surface area contributed by atoms with Crippen molar-refractivity contribution < 1.29 is 9.90 Å². The monoisotopic (exact) mass is 260 g/mol. The van der Waals surface area contributed by atoms with Gasteiger partial charge < -0.3 is 15.3 Å². The van der Waals surface area contributed by atoms with E-state index in [1.54, 1.807) is 11.9 Å². The predicted octanol–water partition coefficient (Wildman–Crippen LogP) is 1.38. The molecule has 2 aliphatic heterocycles. The number of rotatable bonds is 2. The molecule has 0 bridgehead atoms. The number of benzene rings is 1. The molecule has 4 heteroatoms. The minimum Gasteiger partial charge on any atom is -0.387 e. The van der Waals surface area contributed by atoms with E-state index in [4.69, 9.17) is 0 Å². The first-order chi connectivity index (χ1) is 9.16. The van der Waals surface area contributed by atoms with Crippen LogP contribution in [0.4, 0.5) is 5.69 Å². The summed E-state index contributed by atoms with van der Waals surface area (Å²) in [5.41, 5.74) is 2.92. The molecule has 0 aromatic heterocycles. The number of hydrogen-bond donors (Lipinski definition) is 2. The first kappa shape index (κ1) is 12.6. The van der Waals surface area contributed by atoms with Crippen LogP contribution in [0.3, 0.4) is 0 Å². The van der Waals surface area contributed by atoms with Crippen molar-refractivity contribution in [3.05, 3.63) is 29.3 Å². The molecular formula is C15H20N2O2. The summed E-state index contributed by atoms with van der Waals surface area (Å²) in [4.78, 5) is 13.3. The van der Waals surface area contributed by atoms with Crippen molar-refractivity contribution in [3.63, 3.8) is 0 Å². The number of carbonyl (C=O) groups excluding carboxylic acids is 1. The smallest absolute Gasteiger partial charge is 0.231 e. The highest BCUT2D eigenvalue weighted by molar-refractivity contribution is 6.00. The highest BCUT2D eigenvalue weighted by Gasteiger charge is 2.27. The summed E-state index contributed by atoms with van der Waals surface area (Å²) in [5, 5.41) is 13.8. The maximum atomic E-state index is 11.7. The first-order valence-corrected chi connectivity index (χ1v) is 6.97. The van der Waals surface area contributed by atoms with Crippen LogP contribution in [0, 0.1) is 0 Å². The topological polar surface area (TPSA) is 52.6 Å². The zero-order valence-corrected chi connectivity index (χ0v) is 11.2. The number of fused-ring (bicyclic) bond motifs is 1. The van der Waals surface area contributed by atoms with E-state index in [9.17, 15) is 9.90 Å². The number of nitrogens with one attached hydrogen (secondary N) is 1. The summed E-state index contributed by atoms with van der Waals surface area (Å²) in [6, 6.07) is 6.01. The van der Waals surface area contributed by atoms with Crippen molar-refractivity contribution in [1.82, 2.24) is 5.32 Å². The van der Waals surface area contributed by atoms with Gasteiger partial charge in [-0.25, -0.2) is 0 Å². The van der Waals surface area contributed by atoms with Gasteiger partial charge in [0.15, 0.2) is 0 Å². The lowest BCUT2D eigenvalue weighted by atomic mass is 9.93. The number of nitrogens with zero attached hydrogens (tertiary/aromatic N) is 1. The van der Waals surface area contributed by atoms with E-state index in [2.05, 4.69) is 5.32 Å². The number of piperidine rings is 1. The number of likely N-dealkylation sites (N-methyl/N-ethyl adjacent to an activating group) is 1. The summed E-state index contributed by atoms with van der Waals surface area (Å²) < 4.78 is 0. The van der Waals surface area contributed by atoms with E-state index in [1.807, 2.05) is 18.2 Å². The molecule has 2 N–H and O–H groups in total. The molecule has 1 amide bonds. The molecular weight excluding hydrogens is 240 g/mol. The number of aliphatic hydroxyl groups is 1. The third-order valence-electron chi connectivity index (χ3n) is 4.25. The Balaban J connectivity index is 1.82. The van der Waals surface area contributed by atoms with Crippen LogP contribution < -0.4 is 10.2 Å². The van der Waals surface area contributed by atoms with Crippen LogP contribution >= 0.6 is 0 Å². The van der Waals surface area contributed by atoms with Crippen LogP contribution in [-0.2, 0) is 11.2 Å². The molecule has 2 unspecified atom stereocenters. The number of anilines is 1. The predicted molar refractivity (Wildman–Crippen MR) is 74.2 cm³/mol. The van der Waals surface area contributed by atoms with Gasteiger partial charge in [-0.2, -0.15) is 0 Å². The highest BCUT2D eigenvalue weighted by Crippen LogP contribution is 2.31. The van der Waals surface area contributed by atoms with Gasteiger partial charge in [0.2, 0.25) is 5.91 Å². The van der Waals surface area contributed by atoms with Crippen LogP contribution in [-0.4, -0.2) is 30.6 Å². The van der Waals surface area contributed by atoms with Gasteiger partial charge in [0, 0.05) is 18.8 Å². The molecule has 3 rings (SSSR count). The maximum absolute atomic E-state index is 11.7. The molecule has 4 nitrogen and oxygen atoms in total. The number of hydrogen-bond acceptors (Lipinski definition) is 3. The third kappa shape index (κ3) is 2.26. The Morgan fingerprint density at radius 3 is 3.00 bits per heavy atom. The van der Waals surface area contributed by atoms with Gasteiger partial charge in [-0.3, -0.25) is 4.79 Å². The second-order valence-electron chi connectivity index (χ2n) is 5.52. The molecule has 102 valence electrons. The summed E-state index contributed by atoms with van der Waals surface area (Å²) in [6.07, 6.45) is 3.33. The molecule has 19 heavy (non-hydrogen) atoms. The first-order valence-electron chi connectivity index (χ1n) is 6.97. The second-order valence-corrected chi connectivity index (χ2v) is 5.52. The van der Waals surface area contributed by atoms with E-state index in [1.165, 1.54) is 12.8 Å². The Morgan fingerprint density at radius 2 is 2.26 bits per heavy atom. The van der Waals surface area contributed by atoms with Gasteiger partial charge in [0.05, 0.1) is 12.5 Å². The number of carbonyl (C=O) groups is 1. The van der Waals surface area contributed by atoms with E-state index < -0.39 is 6.10 Å². The standard InChI is InChI=1S/C15H20N2O2/c1-17-13-6-5-10(8-11(13)9-14(17)18)15(19)12-4-2-3-7-16-12/h5-6,8,12,15-16,19H,2-4,7,9H2,1H3. The van der Waals surface area contributed by atoms with Crippen molar-refractivity contribution >= 4 is 11.6 Å². The Kier molecular flexibility index (Phi) is 3.29. The van der Waals surface area contributed by atoms with Crippen LogP contribution in [0.25, 0.3) is 0 Å². The summed E-state index contributed by atoms with van der Waals surface area (Å²) >= 11 is 0. The van der Waals surface area contributed by atoms with Crippen molar-refractivity contribution in [2.24, 2.45) is 0 Å². The lowest BCUT2D eigenvalue weighted by molar-refractivity contribution is -0.117. The Labute approximate surface area is 113 Å². The fraction of sp³-hybridized carbons (Fsp3) is 0.533. The van der Waals surface area contributed by atoms with Gasteiger partial charge in [0.25, 0.3) is 0 Å². The van der Waals surface area contributed by atoms with E-state index >= 15 is 0 Å². The number of aliphatic hydroxyl groups excluding tert-OH is 1. The van der Waals surface area contributed by atoms with Gasteiger partial charge in [0.1, 0.15) is 0 Å². The summed E-state index contributed by atoms with van der Waals surface area (Å²) in [7, 11) is 1.80. The van der Waals surface area contributed by atoms with E-state index in [0.29, 0.717) is 6.42 Å². The van der Waals surface area contributed by atoms with Crippen LogP contribution in [0.15, 0.2) is 18.2 Å². The fourth-order valence-electron chi connectivity index (χ4n) is 3.05. The second kappa shape index (κ2) is 4.94. The molecule has 1 fully saturated rings.